The van der Waals surface area contributed by atoms with E-state index in [1.165, 1.54) is 49.5 Å². The van der Waals surface area contributed by atoms with Gasteiger partial charge in [0.25, 0.3) is 10.0 Å². The van der Waals surface area contributed by atoms with Gasteiger partial charge in [-0.1, -0.05) is 56.6 Å². The number of aryl methyl sites for hydroxylation is 1. The Kier molecular flexibility index (Phi) is 11.9. The largest absolute Gasteiger partial charge is 0.493 e. The molecule has 11 heteroatoms. The van der Waals surface area contributed by atoms with Crippen molar-refractivity contribution in [2.24, 2.45) is 5.92 Å². The lowest BCUT2D eigenvalue weighted by molar-refractivity contribution is -0.140. The van der Waals surface area contributed by atoms with E-state index in [0.29, 0.717) is 23.7 Å². The Morgan fingerprint density at radius 2 is 1.60 bits per heavy atom. The summed E-state index contributed by atoms with van der Waals surface area (Å²) < 4.78 is 39.9. The first-order valence-electron chi connectivity index (χ1n) is 14.0. The number of rotatable bonds is 14. The summed E-state index contributed by atoms with van der Waals surface area (Å²) in [6, 6.07) is 17.2. The van der Waals surface area contributed by atoms with Crippen molar-refractivity contribution < 1.29 is 27.5 Å². The number of hydrogen-bond acceptors (Lipinski definition) is 6. The Morgan fingerprint density at radius 1 is 0.953 bits per heavy atom. The first-order valence-corrected chi connectivity index (χ1v) is 15.9. The van der Waals surface area contributed by atoms with Crippen molar-refractivity contribution in [2.75, 3.05) is 31.6 Å². The maximum absolute atomic E-state index is 14.2. The molecule has 2 amide bonds. The van der Waals surface area contributed by atoms with Crippen LogP contribution in [0.4, 0.5) is 5.69 Å². The van der Waals surface area contributed by atoms with Crippen LogP contribution in [-0.2, 0) is 26.2 Å². The van der Waals surface area contributed by atoms with Crippen molar-refractivity contribution >= 4 is 39.1 Å². The van der Waals surface area contributed by atoms with Crippen LogP contribution < -0.4 is 19.1 Å². The molecule has 43 heavy (non-hydrogen) atoms. The van der Waals surface area contributed by atoms with Gasteiger partial charge < -0.3 is 19.7 Å². The molecule has 0 spiro atoms. The van der Waals surface area contributed by atoms with E-state index in [9.17, 15) is 18.0 Å². The number of methoxy groups -OCH3 is 2. The zero-order valence-electron chi connectivity index (χ0n) is 25.5. The van der Waals surface area contributed by atoms with Gasteiger partial charge in [-0.25, -0.2) is 8.42 Å². The zero-order valence-corrected chi connectivity index (χ0v) is 27.0. The fraction of sp³-hybridized carbons (Fsp3) is 0.375. The van der Waals surface area contributed by atoms with Crippen LogP contribution in [0.1, 0.15) is 38.3 Å². The summed E-state index contributed by atoms with van der Waals surface area (Å²) in [7, 11) is -1.44. The maximum Gasteiger partial charge on any atom is 0.264 e. The molecule has 232 valence electrons. The predicted octanol–water partition coefficient (Wildman–Crippen LogP) is 5.44. The molecule has 0 fully saturated rings. The molecule has 0 heterocycles. The second kappa shape index (κ2) is 15.1. The minimum atomic E-state index is -4.30. The third-order valence-electron chi connectivity index (χ3n) is 7.01. The second-order valence-electron chi connectivity index (χ2n) is 10.5. The van der Waals surface area contributed by atoms with Gasteiger partial charge >= 0.3 is 0 Å². The van der Waals surface area contributed by atoms with Crippen LogP contribution in [0.5, 0.6) is 11.5 Å². The number of nitrogens with one attached hydrogen (secondary N) is 1. The summed E-state index contributed by atoms with van der Waals surface area (Å²) in [6.45, 7) is 7.75. The Balaban J connectivity index is 2.09. The van der Waals surface area contributed by atoms with E-state index in [-0.39, 0.29) is 34.7 Å². The summed E-state index contributed by atoms with van der Waals surface area (Å²) in [5.74, 6) is -0.0279. The monoisotopic (exact) mass is 629 g/mol. The lowest BCUT2D eigenvalue weighted by Gasteiger charge is -2.33. The molecule has 9 nitrogen and oxygen atoms in total. The summed E-state index contributed by atoms with van der Waals surface area (Å²) in [5, 5.41) is 3.34. The van der Waals surface area contributed by atoms with Crippen LogP contribution in [0.3, 0.4) is 0 Å². The number of amides is 2. The molecule has 0 aliphatic carbocycles. The van der Waals surface area contributed by atoms with Crippen molar-refractivity contribution in [3.8, 4) is 11.5 Å². The molecule has 0 aliphatic rings. The van der Waals surface area contributed by atoms with Crippen molar-refractivity contribution in [2.45, 2.75) is 51.6 Å². The highest BCUT2D eigenvalue weighted by atomic mass is 35.5. The van der Waals surface area contributed by atoms with Crippen LogP contribution in [-0.4, -0.2) is 58.5 Å². The van der Waals surface area contributed by atoms with E-state index < -0.39 is 28.5 Å². The normalized spacial score (nSPS) is 12.0. The lowest BCUT2D eigenvalue weighted by atomic mass is 10.1. The second-order valence-corrected chi connectivity index (χ2v) is 12.8. The topological polar surface area (TPSA) is 105 Å². The fourth-order valence-corrected chi connectivity index (χ4v) is 6.11. The third-order valence-corrected chi connectivity index (χ3v) is 9.03. The Morgan fingerprint density at radius 3 is 2.19 bits per heavy atom. The van der Waals surface area contributed by atoms with E-state index in [1.54, 1.807) is 12.1 Å². The molecule has 1 atom stereocenters. The van der Waals surface area contributed by atoms with E-state index in [2.05, 4.69) is 5.32 Å². The predicted molar refractivity (Wildman–Crippen MR) is 169 cm³/mol. The quantitative estimate of drug-likeness (QED) is 0.255. The lowest BCUT2D eigenvalue weighted by Crippen LogP contribution is -2.52. The number of sulfonamides is 1. The highest BCUT2D eigenvalue weighted by Crippen LogP contribution is 2.33. The van der Waals surface area contributed by atoms with E-state index in [1.807, 2.05) is 52.0 Å². The number of carbonyl (C=O) groups is 2. The Bertz CT molecular complexity index is 1510. The van der Waals surface area contributed by atoms with Crippen LogP contribution in [0, 0.1) is 12.8 Å². The molecule has 1 N–H and O–H groups in total. The van der Waals surface area contributed by atoms with Gasteiger partial charge in [-0.2, -0.15) is 0 Å². The van der Waals surface area contributed by atoms with Gasteiger partial charge in [-0.05, 0) is 66.8 Å². The van der Waals surface area contributed by atoms with Gasteiger partial charge in [0.05, 0.1) is 24.8 Å². The number of carbonyl (C=O) groups excluding carboxylic acids is 2. The summed E-state index contributed by atoms with van der Waals surface area (Å²) in [4.78, 5) is 29.0. The van der Waals surface area contributed by atoms with Gasteiger partial charge in [0.15, 0.2) is 11.5 Å². The highest BCUT2D eigenvalue weighted by Gasteiger charge is 2.34. The molecule has 0 bridgehead atoms. The van der Waals surface area contributed by atoms with E-state index in [0.717, 1.165) is 15.4 Å². The molecule has 0 aliphatic heterocycles. The molecule has 0 radical (unpaired) electrons. The van der Waals surface area contributed by atoms with Crippen molar-refractivity contribution in [1.29, 1.82) is 0 Å². The van der Waals surface area contributed by atoms with Crippen LogP contribution >= 0.6 is 11.6 Å². The minimum absolute atomic E-state index is 0.0972. The van der Waals surface area contributed by atoms with Crippen molar-refractivity contribution in [1.82, 2.24) is 10.2 Å². The fourth-order valence-electron chi connectivity index (χ4n) is 4.55. The number of anilines is 1. The van der Waals surface area contributed by atoms with Crippen molar-refractivity contribution in [3.63, 3.8) is 0 Å². The number of benzene rings is 3. The Labute approximate surface area is 259 Å². The molecule has 3 aromatic carbocycles. The van der Waals surface area contributed by atoms with Gasteiger partial charge in [-0.3, -0.25) is 13.9 Å². The standard InChI is InChI=1S/C32H40ClN3O6S/c1-7-28(32(38)34-19-22(2)3)35(20-24-11-9-8-10-23(24)4)31(37)21-36(26-14-12-25(33)13-15-26)43(39,40)27-16-17-29(41-5)30(18-27)42-6/h8-18,22,28H,7,19-21H2,1-6H3,(H,34,38). The summed E-state index contributed by atoms with van der Waals surface area (Å²) >= 11 is 6.11. The molecule has 0 saturated heterocycles. The number of halogens is 1. The number of nitrogens with zero attached hydrogens (tertiary/aromatic N) is 2. The molecule has 3 rings (SSSR count). The first-order chi connectivity index (χ1) is 20.4. The van der Waals surface area contributed by atoms with Gasteiger partial charge in [-0.15, -0.1) is 0 Å². The molecular formula is C32H40ClN3O6S. The first kappa shape index (κ1) is 33.7. The van der Waals surface area contributed by atoms with Gasteiger partial charge in [0.2, 0.25) is 11.8 Å². The molecule has 0 saturated carbocycles. The zero-order chi connectivity index (χ0) is 31.7. The molecule has 0 aromatic heterocycles. The van der Waals surface area contributed by atoms with Crippen LogP contribution in [0.25, 0.3) is 0 Å². The average Bonchev–Trinajstić information content (AvgIpc) is 2.99. The van der Waals surface area contributed by atoms with Crippen molar-refractivity contribution in [3.05, 3.63) is 82.9 Å². The number of ether oxygens (including phenoxy) is 2. The molecular weight excluding hydrogens is 590 g/mol. The summed E-state index contributed by atoms with van der Waals surface area (Å²) in [6.07, 6.45) is 0.338. The highest BCUT2D eigenvalue weighted by molar-refractivity contribution is 7.92. The minimum Gasteiger partial charge on any atom is -0.493 e. The SMILES string of the molecule is CCC(C(=O)NCC(C)C)N(Cc1ccccc1C)C(=O)CN(c1ccc(Cl)cc1)S(=O)(=O)c1ccc(OC)c(OC)c1. The van der Waals surface area contributed by atoms with E-state index >= 15 is 0 Å². The molecule has 3 aromatic rings. The maximum atomic E-state index is 14.2. The smallest absolute Gasteiger partial charge is 0.264 e. The van der Waals surface area contributed by atoms with Crippen LogP contribution in [0.15, 0.2) is 71.6 Å². The summed E-state index contributed by atoms with van der Waals surface area (Å²) in [5.41, 5.74) is 2.04. The Hall–Kier alpha value is -3.76. The van der Waals surface area contributed by atoms with Gasteiger partial charge in [0.1, 0.15) is 12.6 Å². The molecule has 1 unspecified atom stereocenters. The van der Waals surface area contributed by atoms with Gasteiger partial charge in [0, 0.05) is 24.2 Å². The average molecular weight is 630 g/mol. The van der Waals surface area contributed by atoms with E-state index in [4.69, 9.17) is 21.1 Å². The third kappa shape index (κ3) is 8.42. The van der Waals surface area contributed by atoms with Crippen LogP contribution in [0.2, 0.25) is 5.02 Å². The number of hydrogen-bond donors (Lipinski definition) is 1.